The zero-order valence-electron chi connectivity index (χ0n) is 19.5. The number of amides is 1. The monoisotopic (exact) mass is 442 g/mol. The Bertz CT molecular complexity index is 1100. The molecule has 2 atom stereocenters. The highest BCUT2D eigenvalue weighted by atomic mass is 16.1. The summed E-state index contributed by atoms with van der Waals surface area (Å²) in [5.74, 6) is -0.281. The zero-order chi connectivity index (χ0) is 23.2. The van der Waals surface area contributed by atoms with Gasteiger partial charge in [0, 0.05) is 18.8 Å². The number of carbonyl (C=O) groups is 1. The Balaban J connectivity index is 1.50. The van der Waals surface area contributed by atoms with Gasteiger partial charge >= 0.3 is 0 Å². The van der Waals surface area contributed by atoms with E-state index in [1.165, 1.54) is 27.8 Å². The van der Waals surface area contributed by atoms with E-state index in [4.69, 9.17) is 5.73 Å². The lowest BCUT2D eigenvalue weighted by molar-refractivity contribution is -0.117. The largest absolute Gasteiger partial charge is 0.330 e. The maximum atomic E-state index is 13.3. The van der Waals surface area contributed by atoms with Gasteiger partial charge < -0.3 is 11.1 Å². The fraction of sp³-hybridized carbons (Fsp3) is 0.321. The van der Waals surface area contributed by atoms with Crippen molar-refractivity contribution >= 4 is 11.6 Å². The molecule has 5 heteroatoms. The number of rotatable bonds is 8. The van der Waals surface area contributed by atoms with Crippen LogP contribution in [0.3, 0.4) is 0 Å². The van der Waals surface area contributed by atoms with Crippen LogP contribution in [0, 0.1) is 13.8 Å². The van der Waals surface area contributed by atoms with Crippen molar-refractivity contribution in [2.45, 2.75) is 45.3 Å². The van der Waals surface area contributed by atoms with Crippen LogP contribution in [-0.4, -0.2) is 19.0 Å². The Hall–Kier alpha value is -2.99. The Morgan fingerprint density at radius 1 is 1.06 bits per heavy atom. The van der Waals surface area contributed by atoms with E-state index < -0.39 is 0 Å². The summed E-state index contributed by atoms with van der Waals surface area (Å²) in [4.78, 5) is 13.3. The Kier molecular flexibility index (Phi) is 7.55. The molecule has 4 rings (SSSR count). The second kappa shape index (κ2) is 10.8. The number of hydrogen-bond acceptors (Lipinski definition) is 4. The molecule has 0 radical (unpaired) electrons. The molecule has 33 heavy (non-hydrogen) atoms. The molecule has 5 nitrogen and oxygen atoms in total. The third kappa shape index (κ3) is 5.69. The normalized spacial score (nSPS) is 16.2. The average Bonchev–Trinajstić information content (AvgIpc) is 2.83. The molecule has 1 amide bonds. The first-order valence-electron chi connectivity index (χ1n) is 11.8. The molecule has 1 aliphatic heterocycles. The standard InChI is InChI=1S/C28H34N4O/c1-19-8-9-23(16-20(19)2)25(12-14-29)28(33)32-24-11-10-22-13-15-30-27(26(22)17-24)31-18-21-6-4-3-5-7-21/h3-11,16-17,25,27,30-31H,12-15,18,29H2,1-2H3,(H,32,33). The second-order valence-corrected chi connectivity index (χ2v) is 8.88. The highest BCUT2D eigenvalue weighted by Crippen LogP contribution is 2.28. The molecule has 0 saturated carbocycles. The predicted octanol–water partition coefficient (Wildman–Crippen LogP) is 4.31. The van der Waals surface area contributed by atoms with Gasteiger partial charge in [0.25, 0.3) is 0 Å². The lowest BCUT2D eigenvalue weighted by atomic mass is 9.92. The molecule has 0 fully saturated rings. The van der Waals surface area contributed by atoms with Crippen molar-refractivity contribution in [1.29, 1.82) is 0 Å². The number of nitrogens with one attached hydrogen (secondary N) is 3. The van der Waals surface area contributed by atoms with Gasteiger partial charge in [0.15, 0.2) is 0 Å². The van der Waals surface area contributed by atoms with Crippen molar-refractivity contribution in [3.8, 4) is 0 Å². The van der Waals surface area contributed by atoms with Crippen molar-refractivity contribution in [3.63, 3.8) is 0 Å². The van der Waals surface area contributed by atoms with E-state index in [9.17, 15) is 4.79 Å². The van der Waals surface area contributed by atoms with Gasteiger partial charge in [0.05, 0.1) is 12.1 Å². The van der Waals surface area contributed by atoms with Crippen LogP contribution in [0.1, 0.15) is 51.9 Å². The first-order chi connectivity index (χ1) is 16.0. The van der Waals surface area contributed by atoms with Crippen molar-refractivity contribution < 1.29 is 4.79 Å². The highest BCUT2D eigenvalue weighted by molar-refractivity contribution is 5.96. The fourth-order valence-electron chi connectivity index (χ4n) is 4.45. The van der Waals surface area contributed by atoms with Gasteiger partial charge in [-0.05, 0) is 78.7 Å². The first kappa shape index (κ1) is 23.2. The van der Waals surface area contributed by atoms with E-state index >= 15 is 0 Å². The first-order valence-corrected chi connectivity index (χ1v) is 11.8. The highest BCUT2D eigenvalue weighted by Gasteiger charge is 2.23. The maximum Gasteiger partial charge on any atom is 0.231 e. The van der Waals surface area contributed by atoms with Gasteiger partial charge in [-0.3, -0.25) is 15.4 Å². The Morgan fingerprint density at radius 3 is 2.64 bits per heavy atom. The zero-order valence-corrected chi connectivity index (χ0v) is 19.5. The molecular formula is C28H34N4O. The quantitative estimate of drug-likeness (QED) is 0.419. The van der Waals surface area contributed by atoms with Crippen LogP contribution in [0.5, 0.6) is 0 Å². The topological polar surface area (TPSA) is 79.2 Å². The molecule has 0 aliphatic carbocycles. The molecule has 0 bridgehead atoms. The summed E-state index contributed by atoms with van der Waals surface area (Å²) in [5.41, 5.74) is 13.9. The summed E-state index contributed by atoms with van der Waals surface area (Å²) in [6.07, 6.45) is 1.64. The SMILES string of the molecule is Cc1ccc(C(CCN)C(=O)Nc2ccc3c(c2)C(NCc2ccccc2)NCC3)cc1C. The van der Waals surface area contributed by atoms with Crippen LogP contribution in [0.2, 0.25) is 0 Å². The summed E-state index contributed by atoms with van der Waals surface area (Å²) in [6, 6.07) is 22.9. The minimum absolute atomic E-state index is 0.0128. The van der Waals surface area contributed by atoms with Crippen LogP contribution in [0.4, 0.5) is 5.69 Å². The van der Waals surface area contributed by atoms with Gasteiger partial charge in [-0.1, -0.05) is 54.6 Å². The molecule has 0 saturated heterocycles. The summed E-state index contributed by atoms with van der Waals surface area (Å²) < 4.78 is 0. The molecule has 5 N–H and O–H groups in total. The number of benzene rings is 3. The van der Waals surface area contributed by atoms with Gasteiger partial charge in [-0.15, -0.1) is 0 Å². The van der Waals surface area contributed by atoms with E-state index in [0.29, 0.717) is 13.0 Å². The summed E-state index contributed by atoms with van der Waals surface area (Å²) >= 11 is 0. The van der Waals surface area contributed by atoms with E-state index in [0.717, 1.165) is 30.8 Å². The molecular weight excluding hydrogens is 408 g/mol. The Morgan fingerprint density at radius 2 is 1.88 bits per heavy atom. The second-order valence-electron chi connectivity index (χ2n) is 8.88. The number of aryl methyl sites for hydroxylation is 2. The van der Waals surface area contributed by atoms with Crippen molar-refractivity contribution in [2.75, 3.05) is 18.4 Å². The summed E-state index contributed by atoms with van der Waals surface area (Å²) in [6.45, 7) is 6.33. The summed E-state index contributed by atoms with van der Waals surface area (Å²) in [5, 5.41) is 10.3. The van der Waals surface area contributed by atoms with Gasteiger partial charge in [-0.25, -0.2) is 0 Å². The minimum Gasteiger partial charge on any atom is -0.330 e. The van der Waals surface area contributed by atoms with Gasteiger partial charge in [-0.2, -0.15) is 0 Å². The van der Waals surface area contributed by atoms with Crippen LogP contribution >= 0.6 is 0 Å². The van der Waals surface area contributed by atoms with Crippen LogP contribution in [0.25, 0.3) is 0 Å². The minimum atomic E-state index is -0.268. The van der Waals surface area contributed by atoms with E-state index in [1.54, 1.807) is 0 Å². The molecule has 0 spiro atoms. The number of hydrogen-bond donors (Lipinski definition) is 4. The van der Waals surface area contributed by atoms with Crippen molar-refractivity contribution in [2.24, 2.45) is 5.73 Å². The average molecular weight is 443 g/mol. The smallest absolute Gasteiger partial charge is 0.231 e. The Labute approximate surface area is 196 Å². The molecule has 3 aromatic rings. The molecule has 0 aromatic heterocycles. The third-order valence-corrected chi connectivity index (χ3v) is 6.53. The van der Waals surface area contributed by atoms with Crippen molar-refractivity contribution in [1.82, 2.24) is 10.6 Å². The number of carbonyl (C=O) groups excluding carboxylic acids is 1. The lowest BCUT2D eigenvalue weighted by Crippen LogP contribution is -2.39. The maximum absolute atomic E-state index is 13.3. The van der Waals surface area contributed by atoms with E-state index in [1.807, 2.05) is 18.2 Å². The van der Waals surface area contributed by atoms with Crippen LogP contribution in [-0.2, 0) is 17.8 Å². The van der Waals surface area contributed by atoms with E-state index in [-0.39, 0.29) is 18.0 Å². The van der Waals surface area contributed by atoms with Crippen LogP contribution in [0.15, 0.2) is 66.7 Å². The predicted molar refractivity (Wildman–Crippen MR) is 135 cm³/mol. The van der Waals surface area contributed by atoms with Crippen molar-refractivity contribution in [3.05, 3.63) is 100 Å². The number of nitrogens with two attached hydrogens (primary N) is 1. The number of fused-ring (bicyclic) bond motifs is 1. The molecule has 1 aliphatic rings. The van der Waals surface area contributed by atoms with Gasteiger partial charge in [0.2, 0.25) is 5.91 Å². The fourth-order valence-corrected chi connectivity index (χ4v) is 4.45. The number of anilines is 1. The molecule has 2 unspecified atom stereocenters. The molecule has 1 heterocycles. The lowest BCUT2D eigenvalue weighted by Gasteiger charge is -2.29. The summed E-state index contributed by atoms with van der Waals surface area (Å²) in [7, 11) is 0. The third-order valence-electron chi connectivity index (χ3n) is 6.53. The molecule has 3 aromatic carbocycles. The van der Waals surface area contributed by atoms with Crippen LogP contribution < -0.4 is 21.7 Å². The molecule has 172 valence electrons. The van der Waals surface area contributed by atoms with Gasteiger partial charge in [0.1, 0.15) is 0 Å². The van der Waals surface area contributed by atoms with E-state index in [2.05, 4.69) is 78.3 Å².